The van der Waals surface area contributed by atoms with Crippen LogP contribution in [-0.2, 0) is 19.6 Å². The number of nitrogens with two attached hydrogens (primary N) is 1. The minimum atomic E-state index is -4.02. The maximum Gasteiger partial charge on any atom is 0.307 e. The minimum Gasteiger partial charge on any atom is -0.506 e. The Labute approximate surface area is 180 Å². The third-order valence-corrected chi connectivity index (χ3v) is 5.40. The van der Waals surface area contributed by atoms with E-state index in [1.165, 1.54) is 12.1 Å². The van der Waals surface area contributed by atoms with E-state index in [1.807, 2.05) is 6.92 Å². The molecule has 0 aliphatic carbocycles. The van der Waals surface area contributed by atoms with Crippen LogP contribution in [0.4, 0.5) is 0 Å². The fourth-order valence-electron chi connectivity index (χ4n) is 2.09. The number of aryl methyl sites for hydroxylation is 1. The largest absolute Gasteiger partial charge is 0.506 e. The molecule has 0 radical (unpaired) electrons. The van der Waals surface area contributed by atoms with Crippen molar-refractivity contribution in [2.24, 2.45) is 5.73 Å². The Balaban J connectivity index is 0.000000307. The van der Waals surface area contributed by atoms with Crippen LogP contribution >= 0.6 is 31.9 Å². The Morgan fingerprint density at radius 1 is 1.21 bits per heavy atom. The van der Waals surface area contributed by atoms with Gasteiger partial charge in [-0.15, -0.1) is 0 Å². The van der Waals surface area contributed by atoms with Crippen LogP contribution in [0.2, 0.25) is 0 Å². The molecule has 0 bridgehead atoms. The van der Waals surface area contributed by atoms with Crippen LogP contribution in [0.1, 0.15) is 30.5 Å². The van der Waals surface area contributed by atoms with Crippen molar-refractivity contribution in [3.8, 4) is 5.75 Å². The zero-order valence-electron chi connectivity index (χ0n) is 15.2. The standard InChI is InChI=1S/C11H13Br2NO3.C7H8O3S/c1-2-17-10(15)5-9(14)7-3-6(12)4-8(13)11(7)16;1-6-2-4-7(5-3-6)11(8,9)10/h3-4,9,16H,2,5,14H2,1H3;2-5H,1H3,(H,8,9,10)/t9-;/m0./s1. The SMILES string of the molecule is CCOC(=O)C[C@H](N)c1cc(Br)cc(Br)c1O.Cc1ccc(S(=O)(=O)O)cc1. The summed E-state index contributed by atoms with van der Waals surface area (Å²) in [5, 5.41) is 9.84. The van der Waals surface area contributed by atoms with E-state index in [1.54, 1.807) is 31.2 Å². The molecule has 154 valence electrons. The van der Waals surface area contributed by atoms with Gasteiger partial charge in [-0.2, -0.15) is 8.42 Å². The molecule has 2 aromatic rings. The zero-order chi connectivity index (χ0) is 21.5. The van der Waals surface area contributed by atoms with Gasteiger partial charge in [-0.05, 0) is 54.0 Å². The molecule has 2 rings (SSSR count). The molecule has 0 aromatic heterocycles. The lowest BCUT2D eigenvalue weighted by atomic mass is 10.0. The highest BCUT2D eigenvalue weighted by Gasteiger charge is 2.18. The molecular weight excluding hydrogens is 518 g/mol. The molecule has 1 atom stereocenters. The Morgan fingerprint density at radius 3 is 2.29 bits per heavy atom. The van der Waals surface area contributed by atoms with Crippen LogP contribution < -0.4 is 5.73 Å². The minimum absolute atomic E-state index is 0.0320. The van der Waals surface area contributed by atoms with Crippen LogP contribution in [0.25, 0.3) is 0 Å². The third-order valence-electron chi connectivity index (χ3n) is 3.47. The number of aromatic hydroxyl groups is 1. The van der Waals surface area contributed by atoms with Gasteiger partial charge in [-0.25, -0.2) is 0 Å². The summed E-state index contributed by atoms with van der Waals surface area (Å²) < 4.78 is 35.7. The summed E-state index contributed by atoms with van der Waals surface area (Å²) in [6.07, 6.45) is 0.0320. The summed E-state index contributed by atoms with van der Waals surface area (Å²) >= 11 is 6.51. The van der Waals surface area contributed by atoms with E-state index in [0.29, 0.717) is 16.6 Å². The lowest BCUT2D eigenvalue weighted by Crippen LogP contribution is -2.17. The molecule has 0 heterocycles. The summed E-state index contributed by atoms with van der Waals surface area (Å²) in [7, 11) is -4.02. The van der Waals surface area contributed by atoms with Crippen molar-refractivity contribution >= 4 is 47.9 Å². The number of carbonyl (C=O) groups is 1. The Bertz CT molecular complexity index is 916. The smallest absolute Gasteiger partial charge is 0.307 e. The van der Waals surface area contributed by atoms with E-state index in [0.717, 1.165) is 10.0 Å². The molecule has 0 unspecified atom stereocenters. The number of esters is 1. The average molecular weight is 539 g/mol. The fraction of sp³-hybridized carbons (Fsp3) is 0.278. The van der Waals surface area contributed by atoms with Gasteiger partial charge in [0.25, 0.3) is 10.1 Å². The quantitative estimate of drug-likeness (QED) is 0.386. The first kappa shape index (κ1) is 24.6. The van der Waals surface area contributed by atoms with E-state index in [-0.39, 0.29) is 23.0 Å². The van der Waals surface area contributed by atoms with Crippen LogP contribution in [0.3, 0.4) is 0 Å². The van der Waals surface area contributed by atoms with E-state index < -0.39 is 16.2 Å². The molecule has 0 saturated carbocycles. The summed E-state index contributed by atoms with van der Waals surface area (Å²) in [5.74, 6) is -0.333. The number of rotatable bonds is 5. The first-order valence-corrected chi connectivity index (χ1v) is 11.1. The summed E-state index contributed by atoms with van der Waals surface area (Å²) in [6, 6.07) is 8.78. The van der Waals surface area contributed by atoms with Gasteiger partial charge in [-0.1, -0.05) is 33.6 Å². The van der Waals surface area contributed by atoms with Gasteiger partial charge in [0.15, 0.2) is 0 Å². The maximum atomic E-state index is 11.3. The van der Waals surface area contributed by atoms with Crippen molar-refractivity contribution in [1.82, 2.24) is 0 Å². The number of ether oxygens (including phenoxy) is 1. The highest BCUT2D eigenvalue weighted by Crippen LogP contribution is 2.35. The van der Waals surface area contributed by atoms with Gasteiger partial charge in [0.05, 0.1) is 22.4 Å². The van der Waals surface area contributed by atoms with Crippen LogP contribution in [0.15, 0.2) is 50.2 Å². The summed E-state index contributed by atoms with van der Waals surface area (Å²) in [4.78, 5) is 11.2. The van der Waals surface area contributed by atoms with Gasteiger partial charge in [0.2, 0.25) is 0 Å². The number of phenolic OH excluding ortho intramolecular Hbond substituents is 1. The lowest BCUT2D eigenvalue weighted by Gasteiger charge is -2.14. The maximum absolute atomic E-state index is 11.3. The molecule has 10 heteroatoms. The number of hydrogen-bond acceptors (Lipinski definition) is 6. The molecule has 0 aliphatic heterocycles. The van der Waals surface area contributed by atoms with Crippen molar-refractivity contribution in [2.75, 3.05) is 6.61 Å². The van der Waals surface area contributed by atoms with Gasteiger partial charge in [-0.3, -0.25) is 9.35 Å². The normalized spacial score (nSPS) is 11.9. The van der Waals surface area contributed by atoms with E-state index >= 15 is 0 Å². The second kappa shape index (κ2) is 10.9. The average Bonchev–Trinajstić information content (AvgIpc) is 2.58. The van der Waals surface area contributed by atoms with Crippen LogP contribution in [0.5, 0.6) is 5.75 Å². The number of benzene rings is 2. The number of phenols is 1. The molecule has 4 N–H and O–H groups in total. The lowest BCUT2D eigenvalue weighted by molar-refractivity contribution is -0.143. The van der Waals surface area contributed by atoms with Crippen molar-refractivity contribution in [2.45, 2.75) is 31.2 Å². The molecule has 0 fully saturated rings. The van der Waals surface area contributed by atoms with Crippen molar-refractivity contribution in [3.05, 3.63) is 56.5 Å². The number of hydrogen-bond donors (Lipinski definition) is 3. The molecule has 2 aromatic carbocycles. The second-order valence-corrected chi connectivity index (χ2v) is 8.92. The van der Waals surface area contributed by atoms with Crippen molar-refractivity contribution in [3.63, 3.8) is 0 Å². The monoisotopic (exact) mass is 537 g/mol. The molecule has 0 amide bonds. The molecule has 0 aliphatic rings. The highest BCUT2D eigenvalue weighted by atomic mass is 79.9. The number of halogens is 2. The zero-order valence-corrected chi connectivity index (χ0v) is 19.2. The summed E-state index contributed by atoms with van der Waals surface area (Å²) in [5.41, 5.74) is 7.32. The Hall–Kier alpha value is -1.46. The molecule has 7 nitrogen and oxygen atoms in total. The predicted octanol–water partition coefficient (Wildman–Crippen LogP) is 4.11. The van der Waals surface area contributed by atoms with E-state index in [2.05, 4.69) is 31.9 Å². The van der Waals surface area contributed by atoms with Gasteiger partial charge in [0, 0.05) is 16.1 Å². The van der Waals surface area contributed by atoms with Crippen LogP contribution in [0, 0.1) is 6.92 Å². The topological polar surface area (TPSA) is 127 Å². The summed E-state index contributed by atoms with van der Waals surface area (Å²) in [6.45, 7) is 3.89. The highest BCUT2D eigenvalue weighted by molar-refractivity contribution is 9.11. The van der Waals surface area contributed by atoms with Crippen LogP contribution in [-0.4, -0.2) is 30.7 Å². The first-order valence-electron chi connectivity index (χ1n) is 8.09. The second-order valence-electron chi connectivity index (χ2n) is 5.73. The third kappa shape index (κ3) is 7.88. The molecule has 0 spiro atoms. The van der Waals surface area contributed by atoms with Gasteiger partial charge in [0.1, 0.15) is 5.75 Å². The fourth-order valence-corrected chi connectivity index (χ4v) is 3.83. The molecule has 28 heavy (non-hydrogen) atoms. The number of carbonyl (C=O) groups excluding carboxylic acids is 1. The predicted molar refractivity (Wildman–Crippen MR) is 113 cm³/mol. The Kier molecular flexibility index (Phi) is 9.58. The molecular formula is C18H21Br2NO6S. The van der Waals surface area contributed by atoms with Crippen molar-refractivity contribution < 1.29 is 27.6 Å². The van der Waals surface area contributed by atoms with Gasteiger partial charge >= 0.3 is 5.97 Å². The first-order chi connectivity index (χ1) is 13.0. The van der Waals surface area contributed by atoms with E-state index in [9.17, 15) is 18.3 Å². The Morgan fingerprint density at radius 2 is 1.79 bits per heavy atom. The van der Waals surface area contributed by atoms with Crippen molar-refractivity contribution in [1.29, 1.82) is 0 Å². The van der Waals surface area contributed by atoms with Gasteiger partial charge < -0.3 is 15.6 Å². The molecule has 0 saturated heterocycles. The van der Waals surface area contributed by atoms with E-state index in [4.69, 9.17) is 15.0 Å².